The van der Waals surface area contributed by atoms with E-state index in [1.54, 1.807) is 17.4 Å². The molecule has 24 heavy (non-hydrogen) atoms. The van der Waals surface area contributed by atoms with Crippen molar-refractivity contribution < 1.29 is 9.32 Å². The van der Waals surface area contributed by atoms with Crippen LogP contribution in [0.3, 0.4) is 0 Å². The van der Waals surface area contributed by atoms with Gasteiger partial charge in [0.05, 0.1) is 6.54 Å². The van der Waals surface area contributed by atoms with Crippen molar-refractivity contribution in [1.29, 1.82) is 0 Å². The number of aromatic nitrogens is 3. The summed E-state index contributed by atoms with van der Waals surface area (Å²) in [6, 6.07) is 5.11. The van der Waals surface area contributed by atoms with Crippen molar-refractivity contribution in [3.8, 4) is 11.4 Å². The van der Waals surface area contributed by atoms with Gasteiger partial charge in [-0.15, -0.1) is 11.3 Å². The van der Waals surface area contributed by atoms with Crippen LogP contribution in [0.25, 0.3) is 11.4 Å². The topological polar surface area (TPSA) is 101 Å². The second-order valence-corrected chi connectivity index (χ2v) is 6.26. The lowest BCUT2D eigenvalue weighted by Gasteiger charge is -2.02. The van der Waals surface area contributed by atoms with E-state index in [1.165, 1.54) is 22.7 Å². The molecular formula is C16H16N4O3S. The van der Waals surface area contributed by atoms with Crippen LogP contribution in [0, 0.1) is 6.92 Å². The molecule has 0 aliphatic rings. The summed E-state index contributed by atoms with van der Waals surface area (Å²) in [5.74, 6) is 0.546. The number of thiophene rings is 1. The summed E-state index contributed by atoms with van der Waals surface area (Å²) in [7, 11) is 0. The summed E-state index contributed by atoms with van der Waals surface area (Å²) in [6.45, 7) is 2.21. The summed E-state index contributed by atoms with van der Waals surface area (Å²) in [5, 5.41) is 8.60. The molecule has 0 atom stereocenters. The van der Waals surface area contributed by atoms with Crippen LogP contribution in [-0.2, 0) is 17.8 Å². The Morgan fingerprint density at radius 1 is 1.42 bits per heavy atom. The number of pyridine rings is 1. The Labute approximate surface area is 141 Å². The molecule has 2 N–H and O–H groups in total. The molecular weight excluding hydrogens is 328 g/mol. The molecule has 0 saturated heterocycles. The zero-order valence-electron chi connectivity index (χ0n) is 13.0. The van der Waals surface area contributed by atoms with E-state index in [1.807, 2.05) is 18.4 Å². The van der Waals surface area contributed by atoms with Gasteiger partial charge < -0.3 is 14.8 Å². The highest BCUT2D eigenvalue weighted by molar-refractivity contribution is 7.10. The molecule has 3 rings (SSSR count). The molecule has 0 radical (unpaired) electrons. The maximum absolute atomic E-state index is 11.9. The second-order valence-electron chi connectivity index (χ2n) is 5.26. The Hall–Kier alpha value is -2.74. The lowest BCUT2D eigenvalue weighted by molar-refractivity contribution is -0.121. The van der Waals surface area contributed by atoms with E-state index in [0.717, 1.165) is 6.42 Å². The van der Waals surface area contributed by atoms with E-state index >= 15 is 0 Å². The fourth-order valence-corrected chi connectivity index (χ4v) is 3.09. The van der Waals surface area contributed by atoms with Gasteiger partial charge in [0.2, 0.25) is 23.2 Å². The predicted molar refractivity (Wildman–Crippen MR) is 89.6 cm³/mol. The first-order chi connectivity index (χ1) is 11.6. The van der Waals surface area contributed by atoms with E-state index in [-0.39, 0.29) is 18.0 Å². The van der Waals surface area contributed by atoms with E-state index in [4.69, 9.17) is 4.52 Å². The number of aryl methyl sites for hydroxylation is 2. The quantitative estimate of drug-likeness (QED) is 0.713. The van der Waals surface area contributed by atoms with Crippen molar-refractivity contribution in [2.45, 2.75) is 26.3 Å². The number of hydrogen-bond acceptors (Lipinski definition) is 6. The number of carbonyl (C=O) groups excluding carboxylic acids is 1. The highest BCUT2D eigenvalue weighted by atomic mass is 32.1. The first-order valence-corrected chi connectivity index (χ1v) is 8.31. The van der Waals surface area contributed by atoms with Crippen LogP contribution in [0.4, 0.5) is 0 Å². The first-order valence-electron chi connectivity index (χ1n) is 7.43. The van der Waals surface area contributed by atoms with Gasteiger partial charge in [-0.2, -0.15) is 4.98 Å². The van der Waals surface area contributed by atoms with Crippen LogP contribution in [0.1, 0.15) is 22.8 Å². The van der Waals surface area contributed by atoms with Crippen LogP contribution in [0.2, 0.25) is 0 Å². The fraction of sp³-hybridized carbons (Fsp3) is 0.250. The molecule has 0 aromatic carbocycles. The maximum Gasteiger partial charge on any atom is 0.248 e. The first kappa shape index (κ1) is 16.1. The molecule has 0 fully saturated rings. The lowest BCUT2D eigenvalue weighted by atomic mass is 10.2. The number of amides is 1. The summed E-state index contributed by atoms with van der Waals surface area (Å²) in [5.41, 5.74) is 1.54. The number of aromatic amines is 1. The highest BCUT2D eigenvalue weighted by Gasteiger charge is 2.11. The molecule has 7 nitrogen and oxygen atoms in total. The van der Waals surface area contributed by atoms with E-state index < -0.39 is 0 Å². The lowest BCUT2D eigenvalue weighted by Crippen LogP contribution is -2.23. The third-order valence-electron chi connectivity index (χ3n) is 3.49. The van der Waals surface area contributed by atoms with Gasteiger partial charge in [0.1, 0.15) is 0 Å². The van der Waals surface area contributed by atoms with E-state index in [9.17, 15) is 9.59 Å². The Kier molecular flexibility index (Phi) is 4.85. The van der Waals surface area contributed by atoms with Crippen LogP contribution in [-0.4, -0.2) is 21.0 Å². The van der Waals surface area contributed by atoms with Gasteiger partial charge in [0, 0.05) is 29.1 Å². The molecule has 8 heteroatoms. The minimum absolute atomic E-state index is 0.0706. The summed E-state index contributed by atoms with van der Waals surface area (Å²) in [6.07, 6.45) is 2.65. The molecule has 0 saturated carbocycles. The maximum atomic E-state index is 11.9. The predicted octanol–water partition coefficient (Wildman–Crippen LogP) is 2.04. The number of H-pyrrole nitrogens is 1. The molecule has 0 bridgehead atoms. The van der Waals surface area contributed by atoms with Gasteiger partial charge in [0.15, 0.2) is 0 Å². The zero-order valence-corrected chi connectivity index (χ0v) is 13.9. The Bertz CT molecular complexity index is 896. The average molecular weight is 344 g/mol. The summed E-state index contributed by atoms with van der Waals surface area (Å²) >= 11 is 1.66. The summed E-state index contributed by atoms with van der Waals surface area (Å²) in [4.78, 5) is 31.1. The number of carbonyl (C=O) groups is 1. The SMILES string of the molecule is Cc1ccsc1CCC(=O)NCc1nc(-c2cc[nH]c(=O)c2)no1. The number of nitrogens with zero attached hydrogens (tertiary/aromatic N) is 2. The molecule has 3 aromatic rings. The molecule has 3 heterocycles. The minimum Gasteiger partial charge on any atom is -0.347 e. The Balaban J connectivity index is 1.53. The van der Waals surface area contributed by atoms with Crippen LogP contribution < -0.4 is 10.9 Å². The summed E-state index contributed by atoms with van der Waals surface area (Å²) < 4.78 is 5.09. The minimum atomic E-state index is -0.240. The second kappa shape index (κ2) is 7.22. The molecule has 1 amide bonds. The van der Waals surface area contributed by atoms with Crippen molar-refractivity contribution in [2.75, 3.05) is 0 Å². The highest BCUT2D eigenvalue weighted by Crippen LogP contribution is 2.17. The third-order valence-corrected chi connectivity index (χ3v) is 4.57. The monoisotopic (exact) mass is 344 g/mol. The van der Waals surface area contributed by atoms with Crippen molar-refractivity contribution >= 4 is 17.2 Å². The molecule has 124 valence electrons. The van der Waals surface area contributed by atoms with Crippen LogP contribution >= 0.6 is 11.3 Å². The molecule has 0 aliphatic heterocycles. The van der Waals surface area contributed by atoms with Gasteiger partial charge in [-0.05, 0) is 36.4 Å². The van der Waals surface area contributed by atoms with E-state index in [2.05, 4.69) is 20.4 Å². The largest absolute Gasteiger partial charge is 0.347 e. The fourth-order valence-electron chi connectivity index (χ4n) is 2.18. The van der Waals surface area contributed by atoms with Crippen molar-refractivity contribution in [1.82, 2.24) is 20.4 Å². The smallest absolute Gasteiger partial charge is 0.248 e. The van der Waals surface area contributed by atoms with Crippen molar-refractivity contribution in [3.63, 3.8) is 0 Å². The third kappa shape index (κ3) is 3.96. The van der Waals surface area contributed by atoms with Gasteiger partial charge in [-0.3, -0.25) is 9.59 Å². The van der Waals surface area contributed by atoms with Gasteiger partial charge in [-0.1, -0.05) is 5.16 Å². The van der Waals surface area contributed by atoms with Gasteiger partial charge >= 0.3 is 0 Å². The number of nitrogens with one attached hydrogen (secondary N) is 2. The standard InChI is InChI=1S/C16H16N4O3S/c1-10-5-7-24-12(10)2-3-13(21)18-9-15-19-16(20-23-15)11-4-6-17-14(22)8-11/h4-8H,2-3,9H2,1H3,(H,17,22)(H,18,21). The normalized spacial score (nSPS) is 10.7. The number of hydrogen-bond donors (Lipinski definition) is 2. The average Bonchev–Trinajstić information content (AvgIpc) is 3.20. The van der Waals surface area contributed by atoms with Crippen LogP contribution in [0.15, 0.2) is 39.1 Å². The zero-order chi connectivity index (χ0) is 16.9. The Morgan fingerprint density at radius 2 is 2.29 bits per heavy atom. The van der Waals surface area contributed by atoms with Gasteiger partial charge in [0.25, 0.3) is 0 Å². The van der Waals surface area contributed by atoms with Crippen molar-refractivity contribution in [2.24, 2.45) is 0 Å². The van der Waals surface area contributed by atoms with Gasteiger partial charge in [-0.25, -0.2) is 0 Å². The molecule has 3 aromatic heterocycles. The number of rotatable bonds is 6. The molecule has 0 spiro atoms. The molecule has 0 unspecified atom stereocenters. The van der Waals surface area contributed by atoms with Crippen LogP contribution in [0.5, 0.6) is 0 Å². The Morgan fingerprint density at radius 3 is 3.04 bits per heavy atom. The van der Waals surface area contributed by atoms with E-state index in [0.29, 0.717) is 23.7 Å². The van der Waals surface area contributed by atoms with Crippen molar-refractivity contribution in [3.05, 3.63) is 56.5 Å². The molecule has 0 aliphatic carbocycles.